The van der Waals surface area contributed by atoms with Crippen molar-refractivity contribution in [3.8, 4) is 0 Å². The van der Waals surface area contributed by atoms with Crippen LogP contribution in [0.1, 0.15) is 5.82 Å². The number of hydrogen-bond acceptors (Lipinski definition) is 1. The SMILES string of the molecule is Cc1[nH]cc[n+]1C.OCCF. The Morgan fingerprint density at radius 1 is 1.73 bits per heavy atom. The first-order valence-electron chi connectivity index (χ1n) is 3.38. The molecule has 0 aliphatic rings. The second kappa shape index (κ2) is 5.85. The molecule has 0 bridgehead atoms. The highest BCUT2D eigenvalue weighted by Crippen LogP contribution is 1.75. The molecule has 0 radical (unpaired) electrons. The largest absolute Gasteiger partial charge is 0.394 e. The van der Waals surface area contributed by atoms with Gasteiger partial charge in [-0.05, 0) is 0 Å². The van der Waals surface area contributed by atoms with Crippen molar-refractivity contribution >= 4 is 0 Å². The van der Waals surface area contributed by atoms with E-state index in [1.165, 1.54) is 5.82 Å². The molecule has 0 atom stereocenters. The van der Waals surface area contributed by atoms with Crippen LogP contribution < -0.4 is 4.57 Å². The summed E-state index contributed by atoms with van der Waals surface area (Å²) in [5.74, 6) is 1.18. The van der Waals surface area contributed by atoms with E-state index >= 15 is 0 Å². The lowest BCUT2D eigenvalue weighted by atomic mass is 10.7. The van der Waals surface area contributed by atoms with Crippen LogP contribution >= 0.6 is 0 Å². The van der Waals surface area contributed by atoms with Crippen LogP contribution in [0.3, 0.4) is 0 Å². The molecule has 11 heavy (non-hydrogen) atoms. The predicted molar refractivity (Wildman–Crippen MR) is 39.8 cm³/mol. The lowest BCUT2D eigenvalue weighted by molar-refractivity contribution is -0.676. The Kier molecular flexibility index (Phi) is 5.37. The minimum atomic E-state index is -0.625. The lowest BCUT2D eigenvalue weighted by Gasteiger charge is -1.77. The van der Waals surface area contributed by atoms with E-state index in [9.17, 15) is 4.39 Å². The quantitative estimate of drug-likeness (QED) is 0.563. The smallest absolute Gasteiger partial charge is 0.250 e. The van der Waals surface area contributed by atoms with Crippen molar-refractivity contribution in [3.05, 3.63) is 18.2 Å². The van der Waals surface area contributed by atoms with Gasteiger partial charge in [0.15, 0.2) is 0 Å². The van der Waals surface area contributed by atoms with Crippen LogP contribution in [0.25, 0.3) is 0 Å². The summed E-state index contributed by atoms with van der Waals surface area (Å²) >= 11 is 0. The number of aliphatic hydroxyl groups excluding tert-OH is 1. The molecule has 0 aliphatic heterocycles. The van der Waals surface area contributed by atoms with Gasteiger partial charge >= 0.3 is 0 Å². The molecule has 1 rings (SSSR count). The monoisotopic (exact) mass is 161 g/mol. The number of aliphatic hydroxyl groups is 1. The summed E-state index contributed by atoms with van der Waals surface area (Å²) in [6.07, 6.45) is 3.89. The maximum Gasteiger partial charge on any atom is 0.250 e. The molecule has 64 valence electrons. The van der Waals surface area contributed by atoms with Crippen LogP contribution in [-0.2, 0) is 7.05 Å². The van der Waals surface area contributed by atoms with Gasteiger partial charge in [-0.3, -0.25) is 0 Å². The molecule has 0 aromatic carbocycles. The summed E-state index contributed by atoms with van der Waals surface area (Å²) in [6.45, 7) is 1.06. The zero-order chi connectivity index (χ0) is 8.69. The van der Waals surface area contributed by atoms with Crippen molar-refractivity contribution in [1.82, 2.24) is 4.98 Å². The number of nitrogens with one attached hydrogen (secondary N) is 1. The third kappa shape index (κ3) is 4.50. The topological polar surface area (TPSA) is 39.9 Å². The number of hydrogen-bond donors (Lipinski definition) is 2. The van der Waals surface area contributed by atoms with Crippen molar-refractivity contribution in [2.24, 2.45) is 7.05 Å². The van der Waals surface area contributed by atoms with Gasteiger partial charge in [-0.1, -0.05) is 0 Å². The Balaban J connectivity index is 0.000000218. The summed E-state index contributed by atoms with van der Waals surface area (Å²) in [5.41, 5.74) is 0. The standard InChI is InChI=1S/C5H8N2.C2H5FO/c1-5-6-3-4-7(5)2;3-1-2-4/h3-4H,1-2H3;4H,1-2H2/p+1. The van der Waals surface area contributed by atoms with Gasteiger partial charge in [0.1, 0.15) is 19.1 Å². The normalized spacial score (nSPS) is 8.73. The van der Waals surface area contributed by atoms with Gasteiger partial charge < -0.3 is 5.11 Å². The Labute approximate surface area is 65.5 Å². The van der Waals surface area contributed by atoms with E-state index < -0.39 is 6.67 Å². The molecule has 0 aliphatic carbocycles. The summed E-state index contributed by atoms with van der Waals surface area (Å²) in [4.78, 5) is 3.03. The summed E-state index contributed by atoms with van der Waals surface area (Å²) in [5, 5.41) is 7.50. The number of nitrogens with zero attached hydrogens (tertiary/aromatic N) is 1. The Hall–Kier alpha value is -0.900. The maximum atomic E-state index is 10.5. The number of aryl methyl sites for hydroxylation is 2. The number of aromatic nitrogens is 2. The minimum Gasteiger partial charge on any atom is -0.394 e. The fraction of sp³-hybridized carbons (Fsp3) is 0.571. The highest BCUT2D eigenvalue weighted by molar-refractivity contribution is 4.69. The Bertz CT molecular complexity index is 170. The fourth-order valence-corrected chi connectivity index (χ4v) is 0.483. The van der Waals surface area contributed by atoms with Gasteiger partial charge in [-0.2, -0.15) is 0 Å². The highest BCUT2D eigenvalue weighted by atomic mass is 19.1. The first-order valence-corrected chi connectivity index (χ1v) is 3.38. The second-order valence-electron chi connectivity index (χ2n) is 2.07. The molecule has 0 fully saturated rings. The van der Waals surface area contributed by atoms with Crippen molar-refractivity contribution in [3.63, 3.8) is 0 Å². The molecule has 2 N–H and O–H groups in total. The zero-order valence-electron chi connectivity index (χ0n) is 6.84. The van der Waals surface area contributed by atoms with Crippen LogP contribution in [-0.4, -0.2) is 23.4 Å². The molecule has 0 saturated carbocycles. The van der Waals surface area contributed by atoms with E-state index in [4.69, 9.17) is 5.11 Å². The van der Waals surface area contributed by atoms with Gasteiger partial charge in [0.25, 0.3) is 5.82 Å². The third-order valence-corrected chi connectivity index (χ3v) is 1.20. The zero-order valence-corrected chi connectivity index (χ0v) is 6.84. The molecular weight excluding hydrogens is 147 g/mol. The molecule has 1 aromatic rings. The highest BCUT2D eigenvalue weighted by Gasteiger charge is 1.93. The molecule has 0 unspecified atom stereocenters. The fourth-order valence-electron chi connectivity index (χ4n) is 0.483. The number of aromatic amines is 1. The second-order valence-corrected chi connectivity index (χ2v) is 2.07. The van der Waals surface area contributed by atoms with Crippen LogP contribution in [0.15, 0.2) is 12.4 Å². The average Bonchev–Trinajstić information content (AvgIpc) is 2.37. The van der Waals surface area contributed by atoms with E-state index in [2.05, 4.69) is 4.98 Å². The Morgan fingerprint density at radius 2 is 2.27 bits per heavy atom. The summed E-state index contributed by atoms with van der Waals surface area (Å²) < 4.78 is 12.5. The van der Waals surface area contributed by atoms with Crippen LogP contribution in [0.2, 0.25) is 0 Å². The van der Waals surface area contributed by atoms with Gasteiger partial charge in [0.2, 0.25) is 0 Å². The number of halogens is 1. The molecule has 1 heterocycles. The minimum absolute atomic E-state index is 0.347. The van der Waals surface area contributed by atoms with E-state index in [1.807, 2.05) is 30.9 Å². The summed E-state index contributed by atoms with van der Waals surface area (Å²) in [7, 11) is 2.01. The lowest BCUT2D eigenvalue weighted by Crippen LogP contribution is -2.27. The molecule has 3 nitrogen and oxygen atoms in total. The van der Waals surface area contributed by atoms with Crippen LogP contribution in [0.5, 0.6) is 0 Å². The maximum absolute atomic E-state index is 10.5. The van der Waals surface area contributed by atoms with Crippen molar-refractivity contribution < 1.29 is 14.1 Å². The molecule has 1 aromatic heterocycles. The van der Waals surface area contributed by atoms with Gasteiger partial charge in [-0.25, -0.2) is 13.9 Å². The summed E-state index contributed by atoms with van der Waals surface area (Å²) in [6, 6.07) is 0. The number of alkyl halides is 1. The van der Waals surface area contributed by atoms with E-state index in [1.54, 1.807) is 0 Å². The van der Waals surface area contributed by atoms with Crippen LogP contribution in [0.4, 0.5) is 4.39 Å². The average molecular weight is 161 g/mol. The Morgan fingerprint density at radius 3 is 2.36 bits per heavy atom. The van der Waals surface area contributed by atoms with Gasteiger partial charge in [0.05, 0.1) is 13.7 Å². The van der Waals surface area contributed by atoms with E-state index in [0.29, 0.717) is 0 Å². The molecule has 0 amide bonds. The van der Waals surface area contributed by atoms with E-state index in [0.717, 1.165) is 0 Å². The molecular formula is C7H14FN2O+. The van der Waals surface area contributed by atoms with Crippen molar-refractivity contribution in [1.29, 1.82) is 0 Å². The first-order chi connectivity index (χ1) is 5.22. The van der Waals surface area contributed by atoms with Crippen molar-refractivity contribution in [2.45, 2.75) is 6.92 Å². The van der Waals surface area contributed by atoms with E-state index in [-0.39, 0.29) is 6.61 Å². The molecule has 0 spiro atoms. The molecule has 4 heteroatoms. The van der Waals surface area contributed by atoms with Gasteiger partial charge in [-0.15, -0.1) is 0 Å². The predicted octanol–water partition coefficient (Wildman–Crippen LogP) is 0.0958. The number of H-pyrrole nitrogens is 1. The molecule has 0 saturated heterocycles. The number of imidazole rings is 1. The van der Waals surface area contributed by atoms with Crippen molar-refractivity contribution in [2.75, 3.05) is 13.3 Å². The number of rotatable bonds is 1. The third-order valence-electron chi connectivity index (χ3n) is 1.20. The first kappa shape index (κ1) is 10.1. The van der Waals surface area contributed by atoms with Crippen LogP contribution in [0, 0.1) is 6.92 Å². The van der Waals surface area contributed by atoms with Gasteiger partial charge in [0, 0.05) is 6.92 Å².